The predicted molar refractivity (Wildman–Crippen MR) is 170 cm³/mol. The summed E-state index contributed by atoms with van der Waals surface area (Å²) in [6.45, 7) is 6.34. The third-order valence-corrected chi connectivity index (χ3v) is 7.14. The Bertz CT molecular complexity index is 1710. The van der Waals surface area contributed by atoms with Gasteiger partial charge in [0.05, 0.1) is 5.56 Å². The summed E-state index contributed by atoms with van der Waals surface area (Å²) in [6, 6.07) is 10.7. The standard InChI is InChI=1S/C35H36O16/c1-17(36)43-16-31-32(46-20(4)39)33(47-21(5)40)34(48-22(6)41)35(51-31)50-28-14-25(45-19(3)38)11-12-26(28)29-15-27(42)30(49-29)13-23-7-9-24(10-8-23)44-18(2)37/h7-12,14-15,30-35H,13,16H2,1-6H3/t30-,31-,32-,33+,34-,35-/m1/s1. The van der Waals surface area contributed by atoms with Crippen LogP contribution in [-0.4, -0.2) is 85.0 Å². The number of hydrogen-bond donors (Lipinski definition) is 0. The lowest BCUT2D eigenvalue weighted by atomic mass is 9.98. The van der Waals surface area contributed by atoms with Gasteiger partial charge >= 0.3 is 35.8 Å². The topological polar surface area (TPSA) is 203 Å². The van der Waals surface area contributed by atoms with Crippen molar-refractivity contribution in [3.05, 3.63) is 59.7 Å². The minimum atomic E-state index is -1.64. The van der Waals surface area contributed by atoms with Crippen LogP contribution in [-0.2, 0) is 68.4 Å². The Labute approximate surface area is 291 Å². The van der Waals surface area contributed by atoms with Gasteiger partial charge in [0.1, 0.15) is 35.7 Å². The van der Waals surface area contributed by atoms with Crippen molar-refractivity contribution in [2.24, 2.45) is 0 Å². The van der Waals surface area contributed by atoms with Gasteiger partial charge in [-0.05, 0) is 29.8 Å². The smallest absolute Gasteiger partial charge is 0.308 e. The fraction of sp³-hybridized carbons (Fsp3) is 0.400. The van der Waals surface area contributed by atoms with E-state index in [2.05, 4.69) is 0 Å². The van der Waals surface area contributed by atoms with E-state index in [0.29, 0.717) is 11.3 Å². The lowest BCUT2D eigenvalue weighted by Crippen LogP contribution is -2.63. The molecule has 272 valence electrons. The molecule has 2 aromatic carbocycles. The van der Waals surface area contributed by atoms with E-state index in [-0.39, 0.29) is 35.0 Å². The fourth-order valence-electron chi connectivity index (χ4n) is 5.27. The van der Waals surface area contributed by atoms with Crippen LogP contribution in [0.1, 0.15) is 52.7 Å². The van der Waals surface area contributed by atoms with Gasteiger partial charge in [-0.15, -0.1) is 0 Å². The van der Waals surface area contributed by atoms with Gasteiger partial charge in [-0.2, -0.15) is 0 Å². The highest BCUT2D eigenvalue weighted by Gasteiger charge is 2.53. The first-order valence-electron chi connectivity index (χ1n) is 15.6. The summed E-state index contributed by atoms with van der Waals surface area (Å²) in [6.07, 6.45) is -7.01. The maximum absolute atomic E-state index is 13.1. The number of benzene rings is 2. The van der Waals surface area contributed by atoms with Crippen LogP contribution in [0.4, 0.5) is 0 Å². The van der Waals surface area contributed by atoms with Gasteiger partial charge < -0.3 is 42.6 Å². The first-order valence-corrected chi connectivity index (χ1v) is 15.6. The summed E-state index contributed by atoms with van der Waals surface area (Å²) in [5.41, 5.74) is 0.887. The molecule has 0 amide bonds. The predicted octanol–water partition coefficient (Wildman–Crippen LogP) is 2.55. The summed E-state index contributed by atoms with van der Waals surface area (Å²) in [4.78, 5) is 84.5. The Morgan fingerprint density at radius 3 is 1.82 bits per heavy atom. The molecule has 2 aromatic rings. The molecule has 0 N–H and O–H groups in total. The van der Waals surface area contributed by atoms with E-state index >= 15 is 0 Å². The summed E-state index contributed by atoms with van der Waals surface area (Å²) >= 11 is 0. The van der Waals surface area contributed by atoms with Crippen molar-refractivity contribution >= 4 is 47.4 Å². The zero-order valence-corrected chi connectivity index (χ0v) is 28.5. The van der Waals surface area contributed by atoms with E-state index in [0.717, 1.165) is 27.7 Å². The van der Waals surface area contributed by atoms with Crippen molar-refractivity contribution in [1.82, 2.24) is 0 Å². The molecule has 16 nitrogen and oxygen atoms in total. The van der Waals surface area contributed by atoms with Crippen LogP contribution in [0.3, 0.4) is 0 Å². The highest BCUT2D eigenvalue weighted by atomic mass is 16.7. The zero-order chi connectivity index (χ0) is 37.4. The van der Waals surface area contributed by atoms with Gasteiger partial charge in [0.25, 0.3) is 0 Å². The molecule has 1 fully saturated rings. The van der Waals surface area contributed by atoms with Crippen LogP contribution in [0.2, 0.25) is 0 Å². The highest BCUT2D eigenvalue weighted by molar-refractivity contribution is 6.03. The van der Waals surface area contributed by atoms with Crippen molar-refractivity contribution in [1.29, 1.82) is 0 Å². The Kier molecular flexibility index (Phi) is 12.5. The number of esters is 6. The van der Waals surface area contributed by atoms with Gasteiger partial charge in [-0.1, -0.05) is 12.1 Å². The monoisotopic (exact) mass is 712 g/mol. The fourth-order valence-corrected chi connectivity index (χ4v) is 5.27. The molecule has 4 rings (SSSR count). The summed E-state index contributed by atoms with van der Waals surface area (Å²) in [7, 11) is 0. The molecule has 0 radical (unpaired) electrons. The summed E-state index contributed by atoms with van der Waals surface area (Å²) < 4.78 is 50.1. The van der Waals surface area contributed by atoms with Crippen molar-refractivity contribution in [2.45, 2.75) is 84.8 Å². The lowest BCUT2D eigenvalue weighted by molar-refractivity contribution is -0.288. The highest BCUT2D eigenvalue weighted by Crippen LogP contribution is 2.38. The number of ether oxygens (including phenoxy) is 9. The van der Waals surface area contributed by atoms with Gasteiger partial charge in [-0.3, -0.25) is 33.6 Å². The molecule has 0 unspecified atom stereocenters. The maximum Gasteiger partial charge on any atom is 0.308 e. The van der Waals surface area contributed by atoms with Gasteiger partial charge in [0.15, 0.2) is 24.1 Å². The molecule has 0 aromatic heterocycles. The number of ketones is 1. The molecule has 0 saturated carbocycles. The first kappa shape index (κ1) is 38.0. The number of hydrogen-bond acceptors (Lipinski definition) is 16. The average Bonchev–Trinajstić information content (AvgIpc) is 3.38. The van der Waals surface area contributed by atoms with Crippen molar-refractivity contribution in [3.8, 4) is 17.2 Å². The van der Waals surface area contributed by atoms with E-state index < -0.39 is 79.2 Å². The number of carbonyl (C=O) groups is 7. The number of carbonyl (C=O) groups excluding carboxylic acids is 7. The molecule has 0 bridgehead atoms. The molecule has 2 aliphatic heterocycles. The summed E-state index contributed by atoms with van der Waals surface area (Å²) in [5, 5.41) is 0. The van der Waals surface area contributed by atoms with Gasteiger partial charge in [-0.25, -0.2) is 0 Å². The van der Waals surface area contributed by atoms with Crippen LogP contribution in [0.15, 0.2) is 48.5 Å². The third kappa shape index (κ3) is 10.6. The van der Waals surface area contributed by atoms with Crippen LogP contribution < -0.4 is 14.2 Å². The molecule has 6 atom stereocenters. The molecular weight excluding hydrogens is 676 g/mol. The second kappa shape index (κ2) is 16.8. The lowest BCUT2D eigenvalue weighted by Gasteiger charge is -2.44. The molecule has 16 heteroatoms. The van der Waals surface area contributed by atoms with E-state index in [9.17, 15) is 33.6 Å². The zero-order valence-electron chi connectivity index (χ0n) is 28.5. The Morgan fingerprint density at radius 2 is 1.24 bits per heavy atom. The van der Waals surface area contributed by atoms with E-state index in [1.165, 1.54) is 38.1 Å². The van der Waals surface area contributed by atoms with Crippen LogP contribution in [0.25, 0.3) is 5.76 Å². The van der Waals surface area contributed by atoms with Crippen LogP contribution in [0.5, 0.6) is 17.2 Å². The van der Waals surface area contributed by atoms with Crippen molar-refractivity contribution < 1.29 is 76.2 Å². The minimum Gasteiger partial charge on any atom is -0.481 e. The Balaban J connectivity index is 1.70. The molecule has 0 aliphatic carbocycles. The maximum atomic E-state index is 13.1. The number of rotatable bonds is 12. The van der Waals surface area contributed by atoms with E-state index in [4.69, 9.17) is 42.6 Å². The molecular formula is C35H36O16. The van der Waals surface area contributed by atoms with Crippen LogP contribution >= 0.6 is 0 Å². The molecule has 1 saturated heterocycles. The average molecular weight is 713 g/mol. The molecule has 0 spiro atoms. The third-order valence-electron chi connectivity index (χ3n) is 7.14. The summed E-state index contributed by atoms with van der Waals surface area (Å²) in [5.74, 6) is -4.40. The molecule has 2 aliphatic rings. The molecule has 51 heavy (non-hydrogen) atoms. The van der Waals surface area contributed by atoms with Gasteiger partial charge in [0.2, 0.25) is 12.4 Å². The van der Waals surface area contributed by atoms with Crippen molar-refractivity contribution in [2.75, 3.05) is 6.61 Å². The van der Waals surface area contributed by atoms with Gasteiger partial charge in [0, 0.05) is 60.1 Å². The largest absolute Gasteiger partial charge is 0.481 e. The quantitative estimate of drug-likeness (QED) is 0.176. The van der Waals surface area contributed by atoms with E-state index in [1.807, 2.05) is 0 Å². The molecule has 2 heterocycles. The first-order chi connectivity index (χ1) is 24.1. The van der Waals surface area contributed by atoms with Crippen LogP contribution in [0, 0.1) is 0 Å². The van der Waals surface area contributed by atoms with E-state index in [1.54, 1.807) is 24.3 Å². The SMILES string of the molecule is CC(=O)OC[C@H]1O[C@@H](Oc2cc(OC(C)=O)ccc2C2=CC(=O)[C@@H](Cc3ccc(OC(C)=O)cc3)O2)[C@H](OC(C)=O)[C@@H](OC(C)=O)[C@@H]1OC(C)=O. The Hall–Kier alpha value is -5.77. The normalized spacial score (nSPS) is 22.4. The minimum absolute atomic E-state index is 0.0150. The second-order valence-electron chi connectivity index (χ2n) is 11.4. The second-order valence-corrected chi connectivity index (χ2v) is 11.4. The van der Waals surface area contributed by atoms with Crippen molar-refractivity contribution in [3.63, 3.8) is 0 Å². The Morgan fingerprint density at radius 1 is 0.667 bits per heavy atom.